The number of aromatic nitrogens is 4. The Kier molecular flexibility index (Phi) is 4.34. The number of carbonyl (C=O) groups is 1. The number of aryl methyl sites for hydroxylation is 1. The Bertz CT molecular complexity index is 743. The van der Waals surface area contributed by atoms with E-state index in [1.165, 1.54) is 0 Å². The topological polar surface area (TPSA) is 128 Å². The standard InChI is InChI=1S/C15H22N8O/c1-9-11(16)4-3-5-23(9)12-7-18-13(14(17)24)15(21-12)20-10-6-19-22(2)8-10/h6-9,11H,3-5,16H2,1-2H3,(H2,17,24)(H,20,21)/t9-,11-/m1/s1. The van der Waals surface area contributed by atoms with Crippen molar-refractivity contribution in [3.05, 3.63) is 24.3 Å². The second kappa shape index (κ2) is 6.44. The van der Waals surface area contributed by atoms with E-state index >= 15 is 0 Å². The van der Waals surface area contributed by atoms with Crippen LogP contribution >= 0.6 is 0 Å². The zero-order chi connectivity index (χ0) is 17.3. The zero-order valence-corrected chi connectivity index (χ0v) is 13.8. The summed E-state index contributed by atoms with van der Waals surface area (Å²) in [5.41, 5.74) is 12.4. The number of hydrogen-bond acceptors (Lipinski definition) is 7. The van der Waals surface area contributed by atoms with Gasteiger partial charge in [-0.3, -0.25) is 9.48 Å². The summed E-state index contributed by atoms with van der Waals surface area (Å²) in [7, 11) is 1.80. The molecule has 3 rings (SSSR count). The van der Waals surface area contributed by atoms with E-state index in [2.05, 4.69) is 32.2 Å². The highest BCUT2D eigenvalue weighted by molar-refractivity contribution is 5.96. The van der Waals surface area contributed by atoms with Crippen molar-refractivity contribution >= 4 is 23.2 Å². The van der Waals surface area contributed by atoms with Crippen LogP contribution in [-0.2, 0) is 7.05 Å². The van der Waals surface area contributed by atoms with Crippen LogP contribution < -0.4 is 21.7 Å². The number of hydrogen-bond donors (Lipinski definition) is 3. The molecule has 1 saturated heterocycles. The van der Waals surface area contributed by atoms with Gasteiger partial charge in [-0.05, 0) is 19.8 Å². The molecule has 0 radical (unpaired) electrons. The number of rotatable bonds is 4. The molecule has 2 atom stereocenters. The first-order chi connectivity index (χ1) is 11.5. The van der Waals surface area contributed by atoms with Crippen molar-refractivity contribution in [2.75, 3.05) is 16.8 Å². The third-order valence-electron chi connectivity index (χ3n) is 4.30. The van der Waals surface area contributed by atoms with E-state index in [4.69, 9.17) is 11.5 Å². The van der Waals surface area contributed by atoms with E-state index in [9.17, 15) is 4.79 Å². The third-order valence-corrected chi connectivity index (χ3v) is 4.30. The third kappa shape index (κ3) is 3.16. The lowest BCUT2D eigenvalue weighted by molar-refractivity contribution is 0.0996. The zero-order valence-electron chi connectivity index (χ0n) is 13.8. The second-order valence-corrected chi connectivity index (χ2v) is 6.06. The van der Waals surface area contributed by atoms with Gasteiger partial charge >= 0.3 is 0 Å². The summed E-state index contributed by atoms with van der Waals surface area (Å²) >= 11 is 0. The van der Waals surface area contributed by atoms with Gasteiger partial charge in [0, 0.05) is 31.9 Å². The van der Waals surface area contributed by atoms with Crippen molar-refractivity contribution in [3.8, 4) is 0 Å². The molecule has 128 valence electrons. The summed E-state index contributed by atoms with van der Waals surface area (Å²) in [6.07, 6.45) is 6.97. The average Bonchev–Trinajstić information content (AvgIpc) is 2.95. The van der Waals surface area contributed by atoms with Crippen molar-refractivity contribution in [3.63, 3.8) is 0 Å². The van der Waals surface area contributed by atoms with Gasteiger partial charge < -0.3 is 21.7 Å². The van der Waals surface area contributed by atoms with Crippen molar-refractivity contribution in [2.24, 2.45) is 18.5 Å². The molecule has 0 bridgehead atoms. The smallest absolute Gasteiger partial charge is 0.271 e. The van der Waals surface area contributed by atoms with Crippen LogP contribution in [0, 0.1) is 0 Å². The molecule has 3 heterocycles. The van der Waals surface area contributed by atoms with Gasteiger partial charge in [0.15, 0.2) is 11.5 Å². The number of carbonyl (C=O) groups excluding carboxylic acids is 1. The first kappa shape index (κ1) is 16.2. The Hall–Kier alpha value is -2.68. The Morgan fingerprint density at radius 3 is 2.88 bits per heavy atom. The molecule has 1 aliphatic rings. The highest BCUT2D eigenvalue weighted by Crippen LogP contribution is 2.25. The minimum Gasteiger partial charge on any atom is -0.364 e. The molecule has 0 unspecified atom stereocenters. The molecule has 0 aliphatic carbocycles. The molecule has 0 aromatic carbocycles. The predicted octanol–water partition coefficient (Wildman–Crippen LogP) is 0.369. The number of nitrogens with zero attached hydrogens (tertiary/aromatic N) is 5. The maximum Gasteiger partial charge on any atom is 0.271 e. The Balaban J connectivity index is 1.94. The number of anilines is 3. The Labute approximate surface area is 140 Å². The molecule has 1 amide bonds. The van der Waals surface area contributed by atoms with Crippen molar-refractivity contribution in [1.82, 2.24) is 19.7 Å². The number of amides is 1. The monoisotopic (exact) mass is 330 g/mol. The highest BCUT2D eigenvalue weighted by Gasteiger charge is 2.27. The quantitative estimate of drug-likeness (QED) is 0.738. The van der Waals surface area contributed by atoms with E-state index in [1.807, 2.05) is 0 Å². The first-order valence-electron chi connectivity index (χ1n) is 7.90. The second-order valence-electron chi connectivity index (χ2n) is 6.06. The van der Waals surface area contributed by atoms with Crippen molar-refractivity contribution in [2.45, 2.75) is 31.8 Å². The van der Waals surface area contributed by atoms with Crippen molar-refractivity contribution < 1.29 is 4.79 Å². The van der Waals surface area contributed by atoms with Gasteiger partial charge in [0.25, 0.3) is 5.91 Å². The van der Waals surface area contributed by atoms with Gasteiger partial charge in [0.1, 0.15) is 5.82 Å². The van der Waals surface area contributed by atoms with Gasteiger partial charge in [-0.1, -0.05) is 0 Å². The fourth-order valence-electron chi connectivity index (χ4n) is 2.90. The van der Waals surface area contributed by atoms with Gasteiger partial charge in [-0.25, -0.2) is 9.97 Å². The number of piperidine rings is 1. The number of primary amides is 1. The normalized spacial score (nSPS) is 20.9. The van der Waals surface area contributed by atoms with Gasteiger partial charge in [0.2, 0.25) is 0 Å². The molecule has 5 N–H and O–H groups in total. The maximum absolute atomic E-state index is 11.6. The van der Waals surface area contributed by atoms with Gasteiger partial charge in [-0.2, -0.15) is 5.10 Å². The Morgan fingerprint density at radius 2 is 2.21 bits per heavy atom. The van der Waals surface area contributed by atoms with Gasteiger partial charge in [0.05, 0.1) is 18.1 Å². The van der Waals surface area contributed by atoms with Crippen LogP contribution in [0.5, 0.6) is 0 Å². The lowest BCUT2D eigenvalue weighted by Gasteiger charge is -2.38. The molecule has 1 aliphatic heterocycles. The molecule has 1 fully saturated rings. The van der Waals surface area contributed by atoms with Crippen LogP contribution in [0.4, 0.5) is 17.3 Å². The van der Waals surface area contributed by atoms with Crippen LogP contribution in [0.25, 0.3) is 0 Å². The molecular weight excluding hydrogens is 308 g/mol. The molecule has 2 aromatic heterocycles. The van der Waals surface area contributed by atoms with E-state index in [1.54, 1.807) is 30.3 Å². The molecule has 0 spiro atoms. The average molecular weight is 330 g/mol. The summed E-state index contributed by atoms with van der Waals surface area (Å²) in [4.78, 5) is 22.5. The minimum atomic E-state index is -0.635. The molecule has 9 nitrogen and oxygen atoms in total. The van der Waals surface area contributed by atoms with Crippen LogP contribution in [-0.4, -0.2) is 44.3 Å². The molecule has 24 heavy (non-hydrogen) atoms. The first-order valence-corrected chi connectivity index (χ1v) is 7.90. The van der Waals surface area contributed by atoms with E-state index < -0.39 is 5.91 Å². The highest BCUT2D eigenvalue weighted by atomic mass is 16.1. The summed E-state index contributed by atoms with van der Waals surface area (Å²) in [6.45, 7) is 2.92. The van der Waals surface area contributed by atoms with Crippen LogP contribution in [0.3, 0.4) is 0 Å². The SMILES string of the molecule is C[C@@H]1[C@H](N)CCCN1c1cnc(C(N)=O)c(Nc2cnn(C)c2)n1. The minimum absolute atomic E-state index is 0.0890. The molecule has 0 saturated carbocycles. The van der Waals surface area contributed by atoms with E-state index in [-0.39, 0.29) is 17.8 Å². The maximum atomic E-state index is 11.6. The largest absolute Gasteiger partial charge is 0.364 e. The van der Waals surface area contributed by atoms with Crippen LogP contribution in [0.1, 0.15) is 30.3 Å². The summed E-state index contributed by atoms with van der Waals surface area (Å²) in [5, 5.41) is 7.15. The van der Waals surface area contributed by atoms with E-state index in [0.717, 1.165) is 19.4 Å². The number of nitrogens with two attached hydrogens (primary N) is 2. The van der Waals surface area contributed by atoms with Crippen LogP contribution in [0.15, 0.2) is 18.6 Å². The molecular formula is C15H22N8O. The van der Waals surface area contributed by atoms with Crippen LogP contribution in [0.2, 0.25) is 0 Å². The van der Waals surface area contributed by atoms with Crippen molar-refractivity contribution in [1.29, 1.82) is 0 Å². The summed E-state index contributed by atoms with van der Waals surface area (Å²) in [6, 6.07) is 0.241. The molecule has 9 heteroatoms. The predicted molar refractivity (Wildman–Crippen MR) is 91.1 cm³/mol. The van der Waals surface area contributed by atoms with Gasteiger partial charge in [-0.15, -0.1) is 0 Å². The molecule has 2 aromatic rings. The summed E-state index contributed by atoms with van der Waals surface area (Å²) < 4.78 is 1.65. The lowest BCUT2D eigenvalue weighted by Crippen LogP contribution is -2.50. The lowest BCUT2D eigenvalue weighted by atomic mass is 9.98. The fourth-order valence-corrected chi connectivity index (χ4v) is 2.90. The Morgan fingerprint density at radius 1 is 1.42 bits per heavy atom. The summed E-state index contributed by atoms with van der Waals surface area (Å²) in [5.74, 6) is 0.359. The van der Waals surface area contributed by atoms with E-state index in [0.29, 0.717) is 17.3 Å². The number of nitrogens with one attached hydrogen (secondary N) is 1. The fraction of sp³-hybridized carbons (Fsp3) is 0.467.